The van der Waals surface area contributed by atoms with Gasteiger partial charge < -0.3 is 5.32 Å². The standard InChI is InChI=1S/C21H22FN7/c1-12-5-17(25-28-9-13(2)24-20(12)28)14-6-16(22)19-18(7-14)26-29(27-19)15-3-4-21(8-15)10-23-11-21/h5-7,9,15,23H,3-4,8,10-11H2,1-2H3/t15-/m0/s1. The second kappa shape index (κ2) is 5.82. The van der Waals surface area contributed by atoms with Gasteiger partial charge in [-0.2, -0.15) is 15.0 Å². The fraction of sp³-hybridized carbons (Fsp3) is 0.429. The lowest BCUT2D eigenvalue weighted by atomic mass is 9.80. The molecule has 1 aliphatic heterocycles. The first-order valence-corrected chi connectivity index (χ1v) is 10.1. The van der Waals surface area contributed by atoms with Crippen LogP contribution < -0.4 is 5.32 Å². The van der Waals surface area contributed by atoms with Crippen LogP contribution in [0.25, 0.3) is 27.9 Å². The third-order valence-electron chi connectivity index (χ3n) is 6.48. The molecule has 2 aliphatic rings. The zero-order chi connectivity index (χ0) is 19.8. The van der Waals surface area contributed by atoms with Crippen LogP contribution in [0.5, 0.6) is 0 Å². The molecule has 1 saturated heterocycles. The van der Waals surface area contributed by atoms with Crippen LogP contribution in [0.15, 0.2) is 24.4 Å². The highest BCUT2D eigenvalue weighted by Gasteiger charge is 2.44. The van der Waals surface area contributed by atoms with E-state index in [0.717, 1.165) is 42.8 Å². The SMILES string of the molecule is Cc1cn2nc(-c3cc(F)c4nn([C@H]5CCC6(CNC6)C5)nc4c3)cc(C)c2n1. The van der Waals surface area contributed by atoms with Crippen molar-refractivity contribution in [1.29, 1.82) is 0 Å². The Morgan fingerprint density at radius 3 is 2.76 bits per heavy atom. The van der Waals surface area contributed by atoms with Crippen LogP contribution >= 0.6 is 0 Å². The molecule has 1 atom stereocenters. The smallest absolute Gasteiger partial charge is 0.156 e. The van der Waals surface area contributed by atoms with E-state index >= 15 is 0 Å². The second-order valence-electron chi connectivity index (χ2n) is 8.71. The van der Waals surface area contributed by atoms with Gasteiger partial charge in [-0.25, -0.2) is 13.9 Å². The first-order valence-electron chi connectivity index (χ1n) is 10.1. The molecule has 4 heterocycles. The maximum absolute atomic E-state index is 14.9. The number of aryl methyl sites for hydroxylation is 2. The van der Waals surface area contributed by atoms with Gasteiger partial charge in [0.2, 0.25) is 0 Å². The Hall–Kier alpha value is -2.87. The molecule has 0 unspecified atom stereocenters. The average Bonchev–Trinajstić information content (AvgIpc) is 3.36. The molecule has 1 aliphatic carbocycles. The summed E-state index contributed by atoms with van der Waals surface area (Å²) in [5, 5.41) is 17.1. The van der Waals surface area contributed by atoms with Gasteiger partial charge in [0.1, 0.15) is 11.0 Å². The largest absolute Gasteiger partial charge is 0.316 e. The molecule has 0 bridgehead atoms. The molecule has 1 saturated carbocycles. The van der Waals surface area contributed by atoms with Gasteiger partial charge in [0.05, 0.1) is 23.6 Å². The van der Waals surface area contributed by atoms with Crippen LogP contribution in [0.2, 0.25) is 0 Å². The number of fused-ring (bicyclic) bond motifs is 2. The molecule has 8 heteroatoms. The first-order chi connectivity index (χ1) is 14.0. The predicted octanol–water partition coefficient (Wildman–Crippen LogP) is 3.21. The quantitative estimate of drug-likeness (QED) is 0.568. The lowest BCUT2D eigenvalue weighted by molar-refractivity contribution is 0.167. The molecule has 0 amide bonds. The van der Waals surface area contributed by atoms with E-state index in [1.165, 1.54) is 12.5 Å². The van der Waals surface area contributed by atoms with E-state index in [1.54, 1.807) is 9.31 Å². The minimum absolute atomic E-state index is 0.248. The molecular formula is C21H22FN7. The van der Waals surface area contributed by atoms with Crippen molar-refractivity contribution < 1.29 is 4.39 Å². The number of rotatable bonds is 2. The summed E-state index contributed by atoms with van der Waals surface area (Å²) in [5.74, 6) is -0.358. The van der Waals surface area contributed by atoms with Crippen LogP contribution in [0.4, 0.5) is 4.39 Å². The summed E-state index contributed by atoms with van der Waals surface area (Å²) >= 11 is 0. The Kier molecular flexibility index (Phi) is 3.42. The third kappa shape index (κ3) is 2.58. The number of halogens is 1. The van der Waals surface area contributed by atoms with E-state index < -0.39 is 0 Å². The van der Waals surface area contributed by atoms with E-state index in [0.29, 0.717) is 27.7 Å². The van der Waals surface area contributed by atoms with Crippen molar-refractivity contribution in [2.75, 3.05) is 13.1 Å². The molecule has 4 aromatic rings. The Balaban J connectivity index is 1.41. The Bertz CT molecular complexity index is 1270. The molecule has 0 radical (unpaired) electrons. The normalized spacial score (nSPS) is 20.7. The van der Waals surface area contributed by atoms with Gasteiger partial charge in [0.25, 0.3) is 0 Å². The minimum Gasteiger partial charge on any atom is -0.316 e. The van der Waals surface area contributed by atoms with E-state index in [2.05, 4.69) is 25.6 Å². The molecule has 1 aromatic carbocycles. The molecular weight excluding hydrogens is 369 g/mol. The lowest BCUT2D eigenvalue weighted by Crippen LogP contribution is -2.51. The summed E-state index contributed by atoms with van der Waals surface area (Å²) in [4.78, 5) is 6.22. The number of benzene rings is 1. The van der Waals surface area contributed by atoms with Crippen molar-refractivity contribution in [3.05, 3.63) is 41.5 Å². The molecule has 29 heavy (non-hydrogen) atoms. The monoisotopic (exact) mass is 391 g/mol. The summed E-state index contributed by atoms with van der Waals surface area (Å²) in [6, 6.07) is 5.58. The van der Waals surface area contributed by atoms with Crippen LogP contribution in [0.1, 0.15) is 36.6 Å². The zero-order valence-corrected chi connectivity index (χ0v) is 16.5. The van der Waals surface area contributed by atoms with Gasteiger partial charge in [-0.15, -0.1) is 5.10 Å². The summed E-state index contributed by atoms with van der Waals surface area (Å²) in [6.45, 7) is 6.07. The Morgan fingerprint density at radius 1 is 1.14 bits per heavy atom. The summed E-state index contributed by atoms with van der Waals surface area (Å²) in [6.07, 6.45) is 5.17. The van der Waals surface area contributed by atoms with Gasteiger partial charge >= 0.3 is 0 Å². The van der Waals surface area contributed by atoms with Crippen molar-refractivity contribution in [1.82, 2.24) is 34.9 Å². The van der Waals surface area contributed by atoms with Gasteiger partial charge in [-0.05, 0) is 62.3 Å². The average molecular weight is 391 g/mol. The van der Waals surface area contributed by atoms with Crippen molar-refractivity contribution >= 4 is 16.7 Å². The molecule has 6 rings (SSSR count). The van der Waals surface area contributed by atoms with Gasteiger partial charge in [0, 0.05) is 18.7 Å². The van der Waals surface area contributed by atoms with Gasteiger partial charge in [-0.3, -0.25) is 0 Å². The fourth-order valence-electron chi connectivity index (χ4n) is 4.87. The van der Waals surface area contributed by atoms with E-state index in [1.807, 2.05) is 32.2 Å². The predicted molar refractivity (Wildman–Crippen MR) is 107 cm³/mol. The van der Waals surface area contributed by atoms with Gasteiger partial charge in [0.15, 0.2) is 11.5 Å². The summed E-state index contributed by atoms with van der Waals surface area (Å²) in [7, 11) is 0. The maximum Gasteiger partial charge on any atom is 0.156 e. The topological polar surface area (TPSA) is 72.9 Å². The number of imidazole rings is 1. The highest BCUT2D eigenvalue weighted by atomic mass is 19.1. The highest BCUT2D eigenvalue weighted by molar-refractivity contribution is 5.81. The highest BCUT2D eigenvalue weighted by Crippen LogP contribution is 2.46. The van der Waals surface area contributed by atoms with E-state index in [-0.39, 0.29) is 11.9 Å². The summed E-state index contributed by atoms with van der Waals surface area (Å²) < 4.78 is 16.7. The van der Waals surface area contributed by atoms with Crippen molar-refractivity contribution in [2.24, 2.45) is 5.41 Å². The molecule has 7 nitrogen and oxygen atoms in total. The zero-order valence-electron chi connectivity index (χ0n) is 16.5. The molecule has 2 fully saturated rings. The number of hydrogen-bond donors (Lipinski definition) is 1. The van der Waals surface area contributed by atoms with E-state index in [4.69, 9.17) is 0 Å². The van der Waals surface area contributed by atoms with Crippen LogP contribution in [-0.2, 0) is 0 Å². The number of nitrogens with one attached hydrogen (secondary N) is 1. The van der Waals surface area contributed by atoms with Crippen molar-refractivity contribution in [3.63, 3.8) is 0 Å². The van der Waals surface area contributed by atoms with Crippen LogP contribution in [-0.4, -0.2) is 42.7 Å². The first kappa shape index (κ1) is 17.0. The van der Waals surface area contributed by atoms with Gasteiger partial charge in [-0.1, -0.05) is 0 Å². The Labute approximate surface area is 166 Å². The maximum atomic E-state index is 14.9. The number of hydrogen-bond acceptors (Lipinski definition) is 5. The van der Waals surface area contributed by atoms with Crippen LogP contribution in [0, 0.1) is 25.1 Å². The molecule has 148 valence electrons. The number of aromatic nitrogens is 6. The second-order valence-corrected chi connectivity index (χ2v) is 8.71. The minimum atomic E-state index is -0.358. The van der Waals surface area contributed by atoms with Crippen molar-refractivity contribution in [2.45, 2.75) is 39.2 Å². The van der Waals surface area contributed by atoms with E-state index in [9.17, 15) is 4.39 Å². The molecule has 1 N–H and O–H groups in total. The summed E-state index contributed by atoms with van der Waals surface area (Å²) in [5.41, 5.74) is 5.42. The molecule has 3 aromatic heterocycles. The molecule has 1 spiro atoms. The van der Waals surface area contributed by atoms with Crippen LogP contribution in [0.3, 0.4) is 0 Å². The Morgan fingerprint density at radius 2 is 2.00 bits per heavy atom. The fourth-order valence-corrected chi connectivity index (χ4v) is 4.87. The van der Waals surface area contributed by atoms with Crippen molar-refractivity contribution in [3.8, 4) is 11.3 Å². The third-order valence-corrected chi connectivity index (χ3v) is 6.48. The lowest BCUT2D eigenvalue weighted by Gasteiger charge is -2.39. The number of nitrogens with zero attached hydrogens (tertiary/aromatic N) is 6.